The van der Waals surface area contributed by atoms with Crippen LogP contribution in [0.5, 0.6) is 0 Å². The molecule has 1 atom stereocenters. The molecule has 160 valence electrons. The molecule has 2 N–H and O–H groups in total. The molecular formula is C20H23N3O5S2. The first kappa shape index (κ1) is 20.8. The van der Waals surface area contributed by atoms with Gasteiger partial charge in [-0.2, -0.15) is 0 Å². The van der Waals surface area contributed by atoms with E-state index in [4.69, 9.17) is 4.74 Å². The fraction of sp³-hybridized carbons (Fsp3) is 0.400. The molecule has 0 aliphatic carbocycles. The third kappa shape index (κ3) is 4.35. The summed E-state index contributed by atoms with van der Waals surface area (Å²) in [5, 5.41) is 6.87. The third-order valence-electron chi connectivity index (χ3n) is 5.18. The number of aryl methyl sites for hydroxylation is 1. The quantitative estimate of drug-likeness (QED) is 0.681. The second-order valence-corrected chi connectivity index (χ2v) is 10.3. The number of nitrogens with zero attached hydrogens (tertiary/aromatic N) is 1. The van der Waals surface area contributed by atoms with E-state index in [1.54, 1.807) is 35.7 Å². The summed E-state index contributed by atoms with van der Waals surface area (Å²) in [6, 6.07) is 8.38. The van der Waals surface area contributed by atoms with Crippen LogP contribution in [-0.2, 0) is 30.8 Å². The Morgan fingerprint density at radius 1 is 1.20 bits per heavy atom. The predicted molar refractivity (Wildman–Crippen MR) is 114 cm³/mol. The van der Waals surface area contributed by atoms with E-state index in [1.165, 1.54) is 15.6 Å². The first-order valence-electron chi connectivity index (χ1n) is 9.85. The highest BCUT2D eigenvalue weighted by molar-refractivity contribution is 7.94. The van der Waals surface area contributed by atoms with Crippen molar-refractivity contribution in [2.45, 2.75) is 36.0 Å². The molecule has 8 nitrogen and oxygen atoms in total. The number of ether oxygens (including phenoxy) is 1. The van der Waals surface area contributed by atoms with Crippen molar-refractivity contribution >= 4 is 44.5 Å². The maximum atomic E-state index is 13.0. The van der Waals surface area contributed by atoms with Crippen LogP contribution in [-0.4, -0.2) is 46.0 Å². The van der Waals surface area contributed by atoms with Gasteiger partial charge in [0.15, 0.2) is 0 Å². The number of rotatable bonds is 5. The van der Waals surface area contributed by atoms with Crippen LogP contribution in [0.15, 0.2) is 39.9 Å². The van der Waals surface area contributed by atoms with Gasteiger partial charge in [0.1, 0.15) is 4.21 Å². The lowest BCUT2D eigenvalue weighted by molar-refractivity contribution is -0.136. The Kier molecular flexibility index (Phi) is 6.07. The summed E-state index contributed by atoms with van der Waals surface area (Å²) in [7, 11) is -3.67. The molecule has 0 unspecified atom stereocenters. The fourth-order valence-corrected chi connectivity index (χ4v) is 6.30. The molecule has 0 saturated carbocycles. The van der Waals surface area contributed by atoms with Gasteiger partial charge in [-0.15, -0.1) is 11.3 Å². The molecule has 2 aromatic rings. The van der Waals surface area contributed by atoms with E-state index in [-0.39, 0.29) is 10.3 Å². The van der Waals surface area contributed by atoms with Crippen molar-refractivity contribution in [3.05, 3.63) is 41.3 Å². The number of hydrogen-bond donors (Lipinski definition) is 2. The van der Waals surface area contributed by atoms with Crippen LogP contribution in [0.3, 0.4) is 0 Å². The van der Waals surface area contributed by atoms with E-state index in [9.17, 15) is 18.0 Å². The van der Waals surface area contributed by atoms with E-state index in [0.29, 0.717) is 31.1 Å². The lowest BCUT2D eigenvalue weighted by Gasteiger charge is -2.30. The molecule has 1 fully saturated rings. The maximum absolute atomic E-state index is 13.0. The van der Waals surface area contributed by atoms with Gasteiger partial charge in [0.2, 0.25) is 0 Å². The molecule has 1 saturated heterocycles. The van der Waals surface area contributed by atoms with Crippen molar-refractivity contribution in [3.8, 4) is 0 Å². The highest BCUT2D eigenvalue weighted by Gasteiger charge is 2.30. The van der Waals surface area contributed by atoms with Gasteiger partial charge in [-0.05, 0) is 54.8 Å². The van der Waals surface area contributed by atoms with Crippen LogP contribution >= 0.6 is 11.3 Å². The number of thiophene rings is 1. The third-order valence-corrected chi connectivity index (χ3v) is 8.37. The van der Waals surface area contributed by atoms with E-state index in [2.05, 4.69) is 10.6 Å². The highest BCUT2D eigenvalue weighted by atomic mass is 32.2. The number of fused-ring (bicyclic) bond motifs is 1. The summed E-state index contributed by atoms with van der Waals surface area (Å²) < 4.78 is 33.2. The van der Waals surface area contributed by atoms with Crippen LogP contribution in [0.4, 0.5) is 11.4 Å². The van der Waals surface area contributed by atoms with Crippen molar-refractivity contribution in [2.75, 3.05) is 29.3 Å². The van der Waals surface area contributed by atoms with Crippen LogP contribution in [0.1, 0.15) is 24.8 Å². The zero-order valence-corrected chi connectivity index (χ0v) is 17.9. The van der Waals surface area contributed by atoms with Crippen molar-refractivity contribution in [2.24, 2.45) is 0 Å². The molecule has 0 radical (unpaired) electrons. The zero-order valence-electron chi connectivity index (χ0n) is 16.3. The van der Waals surface area contributed by atoms with Gasteiger partial charge < -0.3 is 15.4 Å². The molecule has 3 heterocycles. The molecule has 2 amide bonds. The molecule has 1 aromatic carbocycles. The Labute approximate surface area is 179 Å². The monoisotopic (exact) mass is 449 g/mol. The first-order chi connectivity index (χ1) is 14.4. The summed E-state index contributed by atoms with van der Waals surface area (Å²) in [5.74, 6) is -1.54. The number of amides is 2. The number of anilines is 2. The summed E-state index contributed by atoms with van der Waals surface area (Å²) in [4.78, 5) is 24.3. The SMILES string of the molecule is O=C(NC[C@@H]1CCCO1)C(=O)Nc1ccc2c(c1)N(S(=O)(=O)c1cccs1)CCC2. The van der Waals surface area contributed by atoms with Crippen molar-refractivity contribution in [1.82, 2.24) is 5.32 Å². The van der Waals surface area contributed by atoms with E-state index in [0.717, 1.165) is 31.2 Å². The van der Waals surface area contributed by atoms with Gasteiger partial charge in [-0.25, -0.2) is 8.42 Å². The Bertz CT molecular complexity index is 1030. The largest absolute Gasteiger partial charge is 0.376 e. The van der Waals surface area contributed by atoms with E-state index in [1.807, 2.05) is 0 Å². The van der Waals surface area contributed by atoms with E-state index < -0.39 is 21.8 Å². The number of carbonyl (C=O) groups is 2. The second-order valence-electron chi connectivity index (χ2n) is 7.26. The normalized spacial score (nSPS) is 18.7. The molecule has 0 spiro atoms. The first-order valence-corrected chi connectivity index (χ1v) is 12.2. The van der Waals surface area contributed by atoms with Gasteiger partial charge in [0, 0.05) is 25.4 Å². The van der Waals surface area contributed by atoms with Crippen LogP contribution < -0.4 is 14.9 Å². The predicted octanol–water partition coefficient (Wildman–Crippen LogP) is 2.12. The summed E-state index contributed by atoms with van der Waals surface area (Å²) in [6.07, 6.45) is 3.23. The average Bonchev–Trinajstić information content (AvgIpc) is 3.45. The van der Waals surface area contributed by atoms with E-state index >= 15 is 0 Å². The number of benzene rings is 1. The van der Waals surface area contributed by atoms with Gasteiger partial charge in [0.05, 0.1) is 11.8 Å². The minimum absolute atomic E-state index is 0.0542. The summed E-state index contributed by atoms with van der Waals surface area (Å²) in [6.45, 7) is 1.34. The van der Waals surface area contributed by atoms with Crippen LogP contribution in [0.25, 0.3) is 0 Å². The Balaban J connectivity index is 1.48. The Morgan fingerprint density at radius 2 is 2.07 bits per heavy atom. The van der Waals surface area contributed by atoms with Crippen molar-refractivity contribution in [1.29, 1.82) is 0 Å². The summed E-state index contributed by atoms with van der Waals surface area (Å²) in [5.41, 5.74) is 1.80. The fourth-order valence-electron chi connectivity index (χ4n) is 3.67. The van der Waals surface area contributed by atoms with Crippen molar-refractivity contribution in [3.63, 3.8) is 0 Å². The maximum Gasteiger partial charge on any atom is 0.313 e. The molecule has 2 aliphatic heterocycles. The van der Waals surface area contributed by atoms with Crippen LogP contribution in [0, 0.1) is 0 Å². The zero-order chi connectivity index (χ0) is 21.1. The average molecular weight is 450 g/mol. The van der Waals surface area contributed by atoms with Crippen LogP contribution in [0.2, 0.25) is 0 Å². The molecule has 30 heavy (non-hydrogen) atoms. The lowest BCUT2D eigenvalue weighted by Crippen LogP contribution is -2.39. The standard InChI is InChI=1S/C20H23N3O5S2/c24-19(21-13-16-5-2-10-28-16)20(25)22-15-8-7-14-4-1-9-23(17(14)12-15)30(26,27)18-6-3-11-29-18/h3,6-8,11-12,16H,1-2,4-5,9-10,13H2,(H,21,24)(H,22,25)/t16-/m0/s1. The van der Waals surface area contributed by atoms with Gasteiger partial charge >= 0.3 is 11.8 Å². The number of hydrogen-bond acceptors (Lipinski definition) is 6. The Morgan fingerprint density at radius 3 is 2.80 bits per heavy atom. The smallest absolute Gasteiger partial charge is 0.313 e. The van der Waals surface area contributed by atoms with Gasteiger partial charge in [-0.1, -0.05) is 12.1 Å². The molecular weight excluding hydrogens is 426 g/mol. The molecule has 1 aromatic heterocycles. The molecule has 4 rings (SSSR count). The molecule has 2 aliphatic rings. The van der Waals surface area contributed by atoms with Crippen molar-refractivity contribution < 1.29 is 22.7 Å². The minimum Gasteiger partial charge on any atom is -0.376 e. The number of nitrogens with one attached hydrogen (secondary N) is 2. The van der Waals surface area contributed by atoms with Gasteiger partial charge in [0.25, 0.3) is 10.0 Å². The highest BCUT2D eigenvalue weighted by Crippen LogP contribution is 2.35. The van der Waals surface area contributed by atoms with Gasteiger partial charge in [-0.3, -0.25) is 13.9 Å². The number of carbonyl (C=O) groups excluding carboxylic acids is 2. The molecule has 0 bridgehead atoms. The minimum atomic E-state index is -3.67. The molecule has 10 heteroatoms. The Hall–Kier alpha value is -2.43. The second kappa shape index (κ2) is 8.75. The topological polar surface area (TPSA) is 105 Å². The number of sulfonamides is 1. The lowest BCUT2D eigenvalue weighted by atomic mass is 10.0. The summed E-state index contributed by atoms with van der Waals surface area (Å²) >= 11 is 1.17.